The molecule has 1 heterocycles. The van der Waals surface area contributed by atoms with E-state index < -0.39 is 28.1 Å². The van der Waals surface area contributed by atoms with Gasteiger partial charge in [-0.15, -0.1) is 0 Å². The summed E-state index contributed by atoms with van der Waals surface area (Å²) in [6.07, 6.45) is 3.10. The number of hydrogen-bond donors (Lipinski definition) is 2. The zero-order valence-electron chi connectivity index (χ0n) is 16.8. The van der Waals surface area contributed by atoms with Crippen LogP contribution in [0.25, 0.3) is 0 Å². The molecule has 0 bridgehead atoms. The number of nitrogens with one attached hydrogen (secondary N) is 2. The highest BCUT2D eigenvalue weighted by Crippen LogP contribution is 2.24. The molecule has 1 saturated carbocycles. The van der Waals surface area contributed by atoms with Gasteiger partial charge < -0.3 is 10.1 Å². The zero-order chi connectivity index (χ0) is 21.2. The normalized spacial score (nSPS) is 21.4. The van der Waals surface area contributed by atoms with Crippen LogP contribution in [0.5, 0.6) is 0 Å². The van der Waals surface area contributed by atoms with Crippen LogP contribution in [0.1, 0.15) is 52.0 Å². The van der Waals surface area contributed by atoms with E-state index in [2.05, 4.69) is 15.0 Å². The number of fused-ring (bicyclic) bond motifs is 1. The fourth-order valence-corrected chi connectivity index (χ4v) is 4.77. The molecule has 9 heteroatoms. The van der Waals surface area contributed by atoms with Crippen LogP contribution in [0.15, 0.2) is 34.2 Å². The summed E-state index contributed by atoms with van der Waals surface area (Å²) in [4.78, 5) is 29.5. The first-order valence-corrected chi connectivity index (χ1v) is 11.4. The Morgan fingerprint density at radius 1 is 1.17 bits per heavy atom. The highest BCUT2D eigenvalue weighted by molar-refractivity contribution is 7.90. The van der Waals surface area contributed by atoms with Crippen LogP contribution in [0.3, 0.4) is 0 Å². The van der Waals surface area contributed by atoms with Gasteiger partial charge in [0.05, 0.1) is 4.90 Å². The van der Waals surface area contributed by atoms with Crippen molar-refractivity contribution in [2.24, 2.45) is 10.9 Å². The molecule has 1 fully saturated rings. The zero-order valence-corrected chi connectivity index (χ0v) is 17.7. The minimum Gasteiger partial charge on any atom is -0.451 e. The number of aliphatic imine (C=N–C) groups is 1. The maximum Gasteiger partial charge on any atom is 0.331 e. The van der Waals surface area contributed by atoms with Crippen molar-refractivity contribution in [1.29, 1.82) is 0 Å². The lowest BCUT2D eigenvalue weighted by Gasteiger charge is -2.21. The summed E-state index contributed by atoms with van der Waals surface area (Å²) < 4.78 is 32.3. The third kappa shape index (κ3) is 4.77. The molecule has 8 nitrogen and oxygen atoms in total. The summed E-state index contributed by atoms with van der Waals surface area (Å²) in [5.41, 5.74) is 0.415. The highest BCUT2D eigenvalue weighted by Gasteiger charge is 2.34. The number of carbonyl (C=O) groups excluding carboxylic acids is 2. The van der Waals surface area contributed by atoms with E-state index in [1.807, 2.05) is 0 Å². The maximum atomic E-state index is 12.7. The largest absolute Gasteiger partial charge is 0.451 e. The van der Waals surface area contributed by atoms with E-state index in [4.69, 9.17) is 4.74 Å². The summed E-state index contributed by atoms with van der Waals surface area (Å²) in [7, 11) is -3.70. The minimum atomic E-state index is -3.70. The highest BCUT2D eigenvalue weighted by atomic mass is 32.2. The summed E-state index contributed by atoms with van der Waals surface area (Å²) in [6, 6.07) is 5.63. The molecule has 0 aromatic heterocycles. The molecular weight excluding hydrogens is 394 g/mol. The van der Waals surface area contributed by atoms with Gasteiger partial charge in [-0.2, -0.15) is 0 Å². The number of amides is 1. The van der Waals surface area contributed by atoms with Crippen LogP contribution < -0.4 is 10.0 Å². The number of amidine groups is 1. The monoisotopic (exact) mass is 421 g/mol. The Kier molecular flexibility index (Phi) is 6.26. The Morgan fingerprint density at radius 2 is 1.83 bits per heavy atom. The summed E-state index contributed by atoms with van der Waals surface area (Å²) in [5, 5.41) is 2.91. The van der Waals surface area contributed by atoms with E-state index in [0.717, 1.165) is 25.7 Å². The fraction of sp³-hybridized carbons (Fsp3) is 0.550. The molecular formula is C20H27N3O5S. The van der Waals surface area contributed by atoms with Crippen molar-refractivity contribution in [2.75, 3.05) is 0 Å². The number of esters is 1. The van der Waals surface area contributed by atoms with Crippen molar-refractivity contribution >= 4 is 27.7 Å². The third-order valence-corrected chi connectivity index (χ3v) is 6.56. The molecule has 0 radical (unpaired) electrons. The van der Waals surface area contributed by atoms with E-state index in [1.165, 1.54) is 13.0 Å². The van der Waals surface area contributed by atoms with Crippen LogP contribution in [0.4, 0.5) is 0 Å². The van der Waals surface area contributed by atoms with Crippen molar-refractivity contribution in [3.05, 3.63) is 29.8 Å². The van der Waals surface area contributed by atoms with Gasteiger partial charge in [-0.25, -0.2) is 13.2 Å². The predicted octanol–water partition coefficient (Wildman–Crippen LogP) is 1.74. The van der Waals surface area contributed by atoms with Gasteiger partial charge in [0.25, 0.3) is 15.9 Å². The molecule has 1 aliphatic heterocycles. The molecule has 2 aliphatic rings. The van der Waals surface area contributed by atoms with Crippen LogP contribution in [0.2, 0.25) is 0 Å². The third-order valence-electron chi connectivity index (χ3n) is 5.17. The topological polar surface area (TPSA) is 114 Å². The van der Waals surface area contributed by atoms with Crippen molar-refractivity contribution < 1.29 is 22.7 Å². The van der Waals surface area contributed by atoms with Gasteiger partial charge in [0.1, 0.15) is 5.84 Å². The number of ether oxygens (including phenoxy) is 1. The van der Waals surface area contributed by atoms with E-state index >= 15 is 0 Å². The standard InChI is InChI=1S/C20H27N3O5S/c1-12(2)17(20(25)28-13(3)19(24)21-14-8-4-5-9-14)22-18-15-10-6-7-11-16(15)29(26,27)23-18/h6-7,10-14,17H,4-5,8-9H2,1-3H3,(H,21,24)(H,22,23)/t13-,17-/m0/s1. The predicted molar refractivity (Wildman–Crippen MR) is 108 cm³/mol. The number of hydrogen-bond acceptors (Lipinski definition) is 6. The van der Waals surface area contributed by atoms with Crippen molar-refractivity contribution in [1.82, 2.24) is 10.0 Å². The van der Waals surface area contributed by atoms with E-state index in [9.17, 15) is 18.0 Å². The van der Waals surface area contributed by atoms with E-state index in [-0.39, 0.29) is 28.6 Å². The van der Waals surface area contributed by atoms with Crippen LogP contribution in [-0.4, -0.2) is 44.3 Å². The summed E-state index contributed by atoms with van der Waals surface area (Å²) in [5.74, 6) is -1.13. The number of carbonyl (C=O) groups is 2. The Labute approximate surface area is 171 Å². The number of rotatable bonds is 6. The van der Waals surface area contributed by atoms with Gasteiger partial charge in [-0.3, -0.25) is 14.5 Å². The Morgan fingerprint density at radius 3 is 2.48 bits per heavy atom. The van der Waals surface area contributed by atoms with Gasteiger partial charge in [0.15, 0.2) is 12.1 Å². The lowest BCUT2D eigenvalue weighted by molar-refractivity contribution is -0.157. The average molecular weight is 422 g/mol. The number of nitrogens with zero attached hydrogens (tertiary/aromatic N) is 1. The summed E-state index contributed by atoms with van der Waals surface area (Å²) >= 11 is 0. The Bertz CT molecular complexity index is 920. The Hall–Kier alpha value is -2.42. The Balaban J connectivity index is 1.74. The number of benzene rings is 1. The molecule has 158 valence electrons. The van der Waals surface area contributed by atoms with Gasteiger partial charge in [-0.1, -0.05) is 38.8 Å². The van der Waals surface area contributed by atoms with E-state index in [1.54, 1.807) is 32.0 Å². The lowest BCUT2D eigenvalue weighted by atomic mass is 10.0. The van der Waals surface area contributed by atoms with Gasteiger partial charge in [0, 0.05) is 11.6 Å². The molecule has 2 atom stereocenters. The van der Waals surface area contributed by atoms with Crippen molar-refractivity contribution in [3.8, 4) is 0 Å². The molecule has 0 saturated heterocycles. The second kappa shape index (κ2) is 8.52. The van der Waals surface area contributed by atoms with Crippen molar-refractivity contribution in [2.45, 2.75) is 69.5 Å². The second-order valence-corrected chi connectivity index (χ2v) is 9.49. The minimum absolute atomic E-state index is 0.110. The fourth-order valence-electron chi connectivity index (χ4n) is 3.53. The number of sulfonamides is 1. The van der Waals surface area contributed by atoms with Crippen molar-refractivity contribution in [3.63, 3.8) is 0 Å². The molecule has 1 aromatic carbocycles. The van der Waals surface area contributed by atoms with E-state index in [0.29, 0.717) is 5.56 Å². The first-order chi connectivity index (χ1) is 13.7. The first-order valence-electron chi connectivity index (χ1n) is 9.90. The van der Waals surface area contributed by atoms with Crippen LogP contribution >= 0.6 is 0 Å². The molecule has 2 N–H and O–H groups in total. The quantitative estimate of drug-likeness (QED) is 0.679. The second-order valence-electron chi connectivity index (χ2n) is 7.84. The lowest BCUT2D eigenvalue weighted by Crippen LogP contribution is -2.42. The molecule has 1 aromatic rings. The molecule has 1 aliphatic carbocycles. The maximum absolute atomic E-state index is 12.7. The van der Waals surface area contributed by atoms with Crippen LogP contribution in [0, 0.1) is 5.92 Å². The van der Waals surface area contributed by atoms with Gasteiger partial charge in [0.2, 0.25) is 0 Å². The molecule has 29 heavy (non-hydrogen) atoms. The molecule has 3 rings (SSSR count). The smallest absolute Gasteiger partial charge is 0.331 e. The summed E-state index contributed by atoms with van der Waals surface area (Å²) in [6.45, 7) is 5.10. The molecule has 0 unspecified atom stereocenters. The van der Waals surface area contributed by atoms with Gasteiger partial charge >= 0.3 is 5.97 Å². The first kappa shape index (κ1) is 21.3. The molecule has 0 spiro atoms. The SMILES string of the molecule is CC(C)[C@H](N=C1NS(=O)(=O)c2ccccc21)C(=O)O[C@@H](C)C(=O)NC1CCCC1. The van der Waals surface area contributed by atoms with Gasteiger partial charge in [-0.05, 0) is 37.8 Å². The van der Waals surface area contributed by atoms with Crippen LogP contribution in [-0.2, 0) is 24.3 Å². The average Bonchev–Trinajstić information content (AvgIpc) is 3.25. The molecule has 1 amide bonds.